The average Bonchev–Trinajstić information content (AvgIpc) is 2.84. The van der Waals surface area contributed by atoms with Gasteiger partial charge in [-0.2, -0.15) is 0 Å². The maximum absolute atomic E-state index is 14.4. The Kier molecular flexibility index (Phi) is 10.4. The molecule has 2 aromatic carbocycles. The van der Waals surface area contributed by atoms with Gasteiger partial charge in [0.25, 0.3) is 0 Å². The molecule has 3 rings (SSSR count). The monoisotopic (exact) mass is 503 g/mol. The number of benzene rings is 2. The van der Waals surface area contributed by atoms with Gasteiger partial charge in [0.05, 0.1) is 6.61 Å². The van der Waals surface area contributed by atoms with Crippen molar-refractivity contribution in [3.8, 4) is 0 Å². The van der Waals surface area contributed by atoms with Crippen LogP contribution in [0.2, 0.25) is 5.02 Å². The van der Waals surface area contributed by atoms with Gasteiger partial charge in [0.1, 0.15) is 5.82 Å². The Hall–Kier alpha value is -2.15. The fourth-order valence-electron chi connectivity index (χ4n) is 4.78. The third-order valence-electron chi connectivity index (χ3n) is 7.15. The molecule has 1 amide bonds. The summed E-state index contributed by atoms with van der Waals surface area (Å²) in [7, 11) is 0. The summed E-state index contributed by atoms with van der Waals surface area (Å²) in [6.07, 6.45) is 4.94. The largest absolute Gasteiger partial charge is 0.395 e. The van der Waals surface area contributed by atoms with Crippen LogP contribution in [0.3, 0.4) is 0 Å². The van der Waals surface area contributed by atoms with Gasteiger partial charge >= 0.3 is 0 Å². The molecule has 1 fully saturated rings. The average molecular weight is 504 g/mol. The smallest absolute Gasteiger partial charge is 0.227 e. The first-order valence-corrected chi connectivity index (χ1v) is 13.1. The van der Waals surface area contributed by atoms with Gasteiger partial charge in [0.15, 0.2) is 0 Å². The number of carbonyl (C=O) groups is 1. The number of piperidine rings is 1. The molecule has 1 saturated heterocycles. The van der Waals surface area contributed by atoms with E-state index in [0.717, 1.165) is 55.7 Å². The Bertz CT molecular complexity index is 992. The number of hydrogen-bond donors (Lipinski definition) is 3. The molecule has 0 aliphatic carbocycles. The Balaban J connectivity index is 1.56. The molecule has 1 unspecified atom stereocenters. The van der Waals surface area contributed by atoms with Crippen molar-refractivity contribution in [2.45, 2.75) is 52.9 Å². The maximum Gasteiger partial charge on any atom is 0.227 e. The van der Waals surface area contributed by atoms with Crippen LogP contribution in [0.25, 0.3) is 0 Å². The number of rotatable bonds is 11. The van der Waals surface area contributed by atoms with E-state index in [9.17, 15) is 9.18 Å². The molecule has 1 aliphatic heterocycles. The predicted octanol–water partition coefficient (Wildman–Crippen LogP) is 5.49. The van der Waals surface area contributed by atoms with Crippen LogP contribution in [0.1, 0.15) is 49.3 Å². The summed E-state index contributed by atoms with van der Waals surface area (Å²) in [5.41, 5.74) is 4.22. The molecule has 3 N–H and O–H groups in total. The predicted molar refractivity (Wildman–Crippen MR) is 143 cm³/mol. The zero-order valence-electron chi connectivity index (χ0n) is 21.2. The normalized spacial score (nSPS) is 15.3. The van der Waals surface area contributed by atoms with Crippen molar-refractivity contribution in [3.63, 3.8) is 0 Å². The number of nitrogens with zero attached hydrogens (tertiary/aromatic N) is 1. The van der Waals surface area contributed by atoms with E-state index in [1.54, 1.807) is 12.1 Å². The van der Waals surface area contributed by atoms with E-state index in [1.165, 1.54) is 12.5 Å². The van der Waals surface area contributed by atoms with Gasteiger partial charge in [-0.25, -0.2) is 4.39 Å². The van der Waals surface area contributed by atoms with E-state index < -0.39 is 0 Å². The van der Waals surface area contributed by atoms with Crippen LogP contribution < -0.4 is 15.5 Å². The lowest BCUT2D eigenvalue weighted by molar-refractivity contribution is -0.119. The van der Waals surface area contributed by atoms with Gasteiger partial charge in [-0.1, -0.05) is 24.6 Å². The molecule has 7 heteroatoms. The summed E-state index contributed by atoms with van der Waals surface area (Å²) >= 11 is 6.41. The Morgan fingerprint density at radius 3 is 2.66 bits per heavy atom. The number of aryl methyl sites for hydroxylation is 1. The molecule has 1 atom stereocenters. The summed E-state index contributed by atoms with van der Waals surface area (Å²) in [4.78, 5) is 15.3. The number of aliphatic hydroxyl groups is 1. The Morgan fingerprint density at radius 2 is 1.94 bits per heavy atom. The van der Waals surface area contributed by atoms with Crippen molar-refractivity contribution < 1.29 is 14.3 Å². The van der Waals surface area contributed by atoms with E-state index in [0.29, 0.717) is 35.2 Å². The van der Waals surface area contributed by atoms with Gasteiger partial charge in [0, 0.05) is 41.9 Å². The summed E-state index contributed by atoms with van der Waals surface area (Å²) in [6, 6.07) is 8.94. The first kappa shape index (κ1) is 27.4. The minimum Gasteiger partial charge on any atom is -0.395 e. The lowest BCUT2D eigenvalue weighted by Crippen LogP contribution is -2.34. The van der Waals surface area contributed by atoms with Crippen LogP contribution in [0, 0.1) is 31.5 Å². The topological polar surface area (TPSA) is 64.6 Å². The number of hydrogen-bond acceptors (Lipinski definition) is 4. The third kappa shape index (κ3) is 7.92. The molecule has 35 heavy (non-hydrogen) atoms. The van der Waals surface area contributed by atoms with Gasteiger partial charge < -0.3 is 20.6 Å². The van der Waals surface area contributed by atoms with Crippen LogP contribution in [-0.2, 0) is 11.2 Å². The number of nitrogens with one attached hydrogen (secondary N) is 2. The molecule has 1 heterocycles. The highest BCUT2D eigenvalue weighted by atomic mass is 35.5. The first-order chi connectivity index (χ1) is 16.8. The van der Waals surface area contributed by atoms with Crippen molar-refractivity contribution in [3.05, 3.63) is 57.9 Å². The molecule has 192 valence electrons. The minimum absolute atomic E-state index is 0.146. The molecule has 2 aromatic rings. The highest BCUT2D eigenvalue weighted by molar-refractivity contribution is 6.31. The summed E-state index contributed by atoms with van der Waals surface area (Å²) in [5.74, 6) is -0.0726. The summed E-state index contributed by atoms with van der Waals surface area (Å²) < 4.78 is 14.4. The van der Waals surface area contributed by atoms with Crippen LogP contribution in [-0.4, -0.2) is 43.8 Å². The number of amides is 1. The zero-order valence-corrected chi connectivity index (χ0v) is 21.9. The van der Waals surface area contributed by atoms with E-state index in [-0.39, 0.29) is 24.2 Å². The molecular weight excluding hydrogens is 465 g/mol. The van der Waals surface area contributed by atoms with Crippen molar-refractivity contribution in [2.24, 2.45) is 11.8 Å². The lowest BCUT2D eigenvalue weighted by atomic mass is 9.92. The van der Waals surface area contributed by atoms with Crippen LogP contribution in [0.15, 0.2) is 30.3 Å². The van der Waals surface area contributed by atoms with E-state index in [2.05, 4.69) is 15.5 Å². The Labute approximate surface area is 214 Å². The second kappa shape index (κ2) is 13.2. The van der Waals surface area contributed by atoms with Crippen molar-refractivity contribution in [2.75, 3.05) is 43.0 Å². The minimum atomic E-state index is -0.380. The molecule has 0 spiro atoms. The van der Waals surface area contributed by atoms with Crippen LogP contribution >= 0.6 is 11.6 Å². The van der Waals surface area contributed by atoms with E-state index >= 15 is 0 Å². The highest BCUT2D eigenvalue weighted by Gasteiger charge is 2.21. The zero-order chi connectivity index (χ0) is 25.4. The molecule has 0 bridgehead atoms. The second-order valence-electron chi connectivity index (χ2n) is 9.81. The van der Waals surface area contributed by atoms with Gasteiger partial charge in [-0.3, -0.25) is 4.79 Å². The number of aliphatic hydroxyl groups excluding tert-OH is 1. The first-order valence-electron chi connectivity index (χ1n) is 12.7. The Morgan fingerprint density at radius 1 is 1.20 bits per heavy atom. The highest BCUT2D eigenvalue weighted by Crippen LogP contribution is 2.31. The second-order valence-corrected chi connectivity index (χ2v) is 10.2. The van der Waals surface area contributed by atoms with Gasteiger partial charge in [0.2, 0.25) is 5.91 Å². The van der Waals surface area contributed by atoms with E-state index in [1.807, 2.05) is 32.9 Å². The van der Waals surface area contributed by atoms with Crippen molar-refractivity contribution in [1.82, 2.24) is 5.32 Å². The van der Waals surface area contributed by atoms with Gasteiger partial charge in [-0.05, 0) is 99.4 Å². The molecular formula is C28H39ClFN3O2. The molecule has 1 aliphatic rings. The third-order valence-corrected chi connectivity index (χ3v) is 7.37. The summed E-state index contributed by atoms with van der Waals surface area (Å²) in [6.45, 7) is 9.40. The standard InChI is InChI=1S/C28H39ClFN3O2/c1-19-6-7-27(30)26(21(19)3)15-20(2)28(35)32-24-16-23(29)17-25(18-24)33-12-8-22(9-13-33)5-4-10-31-11-14-34/h6-7,16-18,20,22,31,34H,4-5,8-15H2,1-3H3,(H,32,35). The molecule has 0 aromatic heterocycles. The fraction of sp³-hybridized carbons (Fsp3) is 0.536. The lowest BCUT2D eigenvalue weighted by Gasteiger charge is -2.34. The van der Waals surface area contributed by atoms with Crippen LogP contribution in [0.5, 0.6) is 0 Å². The van der Waals surface area contributed by atoms with Gasteiger partial charge in [-0.15, -0.1) is 0 Å². The van der Waals surface area contributed by atoms with E-state index in [4.69, 9.17) is 16.7 Å². The molecule has 0 radical (unpaired) electrons. The SMILES string of the molecule is Cc1ccc(F)c(CC(C)C(=O)Nc2cc(Cl)cc(N3CCC(CCCNCCO)CC3)c2)c1C. The maximum atomic E-state index is 14.4. The van der Waals surface area contributed by atoms with Crippen molar-refractivity contribution >= 4 is 28.9 Å². The number of halogens is 2. The number of anilines is 2. The fourth-order valence-corrected chi connectivity index (χ4v) is 5.01. The molecule has 0 saturated carbocycles. The quantitative estimate of drug-likeness (QED) is 0.355. The van der Waals surface area contributed by atoms with Crippen LogP contribution in [0.4, 0.5) is 15.8 Å². The number of carbonyl (C=O) groups excluding carboxylic acids is 1. The van der Waals surface area contributed by atoms with Crippen molar-refractivity contribution in [1.29, 1.82) is 0 Å². The summed E-state index contributed by atoms with van der Waals surface area (Å²) in [5, 5.41) is 15.7. The molecule has 5 nitrogen and oxygen atoms in total.